The summed E-state index contributed by atoms with van der Waals surface area (Å²) in [5.41, 5.74) is 4.90. The quantitative estimate of drug-likeness (QED) is 0.164. The number of hydrogen-bond donors (Lipinski definition) is 1. The van der Waals surface area contributed by atoms with Crippen LogP contribution >= 0.6 is 23.4 Å². The van der Waals surface area contributed by atoms with Gasteiger partial charge in [0, 0.05) is 51.6 Å². The zero-order valence-corrected chi connectivity index (χ0v) is 22.4. The van der Waals surface area contributed by atoms with E-state index in [1.54, 1.807) is 36.4 Å². The summed E-state index contributed by atoms with van der Waals surface area (Å²) >= 11 is 7.22. The zero-order chi connectivity index (χ0) is 26.2. The van der Waals surface area contributed by atoms with E-state index in [0.717, 1.165) is 22.3 Å². The van der Waals surface area contributed by atoms with Crippen LogP contribution in [0.3, 0.4) is 0 Å². The van der Waals surface area contributed by atoms with Crippen molar-refractivity contribution in [1.29, 1.82) is 0 Å². The molecular weight excluding hydrogens is 502 g/mol. The van der Waals surface area contributed by atoms with Crippen LogP contribution in [0.4, 0.5) is 11.4 Å². The molecule has 3 aromatic carbocycles. The number of anilines is 2. The van der Waals surface area contributed by atoms with Crippen LogP contribution in [-0.2, 0) is 10.2 Å². The fourth-order valence-electron chi connectivity index (χ4n) is 4.76. The van der Waals surface area contributed by atoms with E-state index in [0.29, 0.717) is 21.3 Å². The van der Waals surface area contributed by atoms with E-state index in [-0.39, 0.29) is 22.9 Å². The second-order valence-electron chi connectivity index (χ2n) is 9.46. The number of rotatable bonds is 6. The smallest absolute Gasteiger partial charge is 0.234 e. The van der Waals surface area contributed by atoms with Gasteiger partial charge >= 0.3 is 0 Å². The molecule has 0 saturated carbocycles. The lowest BCUT2D eigenvalue weighted by Gasteiger charge is -2.24. The van der Waals surface area contributed by atoms with Crippen molar-refractivity contribution in [1.82, 2.24) is 4.98 Å². The van der Waals surface area contributed by atoms with Gasteiger partial charge < -0.3 is 10.2 Å². The van der Waals surface area contributed by atoms with Crippen LogP contribution in [-0.4, -0.2) is 29.5 Å². The number of nitrogens with one attached hydrogen (secondary N) is 1. The molecule has 0 spiro atoms. The van der Waals surface area contributed by atoms with Gasteiger partial charge in [-0.2, -0.15) is 0 Å². The molecule has 186 valence electrons. The number of fused-ring (bicyclic) bond motifs is 2. The van der Waals surface area contributed by atoms with Crippen molar-refractivity contribution < 1.29 is 9.59 Å². The third-order valence-corrected chi connectivity index (χ3v) is 7.81. The number of hydrogen-bond acceptors (Lipinski definition) is 5. The minimum Gasteiger partial charge on any atom is -0.347 e. The summed E-state index contributed by atoms with van der Waals surface area (Å²) in [4.78, 5) is 33.0. The van der Waals surface area contributed by atoms with Crippen LogP contribution in [0.5, 0.6) is 0 Å². The first-order valence-corrected chi connectivity index (χ1v) is 13.3. The van der Waals surface area contributed by atoms with Crippen molar-refractivity contribution in [2.24, 2.45) is 0 Å². The average Bonchev–Trinajstić information content (AvgIpc) is 3.09. The van der Waals surface area contributed by atoms with E-state index < -0.39 is 0 Å². The molecule has 0 atom stereocenters. The number of halogens is 1. The first-order valence-electron chi connectivity index (χ1n) is 11.9. The summed E-state index contributed by atoms with van der Waals surface area (Å²) in [6, 6.07) is 24.6. The maximum atomic E-state index is 13.7. The van der Waals surface area contributed by atoms with Gasteiger partial charge in [-0.15, -0.1) is 0 Å². The maximum absolute atomic E-state index is 13.7. The lowest BCUT2D eigenvalue weighted by Crippen LogP contribution is -2.24. The van der Waals surface area contributed by atoms with Gasteiger partial charge in [0.25, 0.3) is 0 Å². The predicted molar refractivity (Wildman–Crippen MR) is 153 cm³/mol. The Labute approximate surface area is 225 Å². The maximum Gasteiger partial charge on any atom is 0.234 e. The number of carbonyl (C=O) groups is 2. The molecule has 1 aromatic heterocycles. The zero-order valence-electron chi connectivity index (χ0n) is 20.8. The number of pyridine rings is 1. The van der Waals surface area contributed by atoms with Crippen LogP contribution in [0.25, 0.3) is 10.9 Å². The molecule has 0 bridgehead atoms. The first-order chi connectivity index (χ1) is 17.7. The Morgan fingerprint density at radius 1 is 1.03 bits per heavy atom. The van der Waals surface area contributed by atoms with Gasteiger partial charge in [-0.05, 0) is 48.0 Å². The molecule has 37 heavy (non-hydrogen) atoms. The van der Waals surface area contributed by atoms with Crippen LogP contribution in [0.1, 0.15) is 29.8 Å². The SMILES string of the molecule is CN1C(=CC(=O)c2cc(SCC(=O)Nc3ccc(Cl)cc3)nc3ccccc23)C(C)(C)c2ccccc21. The highest BCUT2D eigenvalue weighted by atomic mass is 35.5. The number of allylic oxidation sites excluding steroid dienone is 2. The molecule has 0 fully saturated rings. The standard InChI is InChI=1S/C30H26ClN3O2S/c1-30(2)23-9-5-7-11-25(23)34(3)27(30)17-26(35)22-16-29(33-24-10-6-4-8-21(22)24)37-18-28(36)32-20-14-12-19(31)13-15-20/h4-17H,18H2,1-3H3,(H,32,36). The number of benzene rings is 3. The molecule has 0 unspecified atom stereocenters. The summed E-state index contributed by atoms with van der Waals surface area (Å²) < 4.78 is 0. The molecule has 5 rings (SSSR count). The molecule has 0 saturated heterocycles. The lowest BCUT2D eigenvalue weighted by atomic mass is 9.83. The second kappa shape index (κ2) is 10.0. The summed E-state index contributed by atoms with van der Waals surface area (Å²) in [6.07, 6.45) is 1.74. The van der Waals surface area contributed by atoms with Gasteiger partial charge in [-0.1, -0.05) is 73.6 Å². The van der Waals surface area contributed by atoms with Gasteiger partial charge in [0.15, 0.2) is 5.78 Å². The Morgan fingerprint density at radius 2 is 1.73 bits per heavy atom. The molecule has 5 nitrogen and oxygen atoms in total. The van der Waals surface area contributed by atoms with Gasteiger partial charge in [-0.25, -0.2) is 4.98 Å². The van der Waals surface area contributed by atoms with Crippen molar-refractivity contribution in [3.8, 4) is 0 Å². The van der Waals surface area contributed by atoms with E-state index in [1.807, 2.05) is 43.4 Å². The fourth-order valence-corrected chi connectivity index (χ4v) is 5.60. The molecule has 7 heteroatoms. The number of aromatic nitrogens is 1. The predicted octanol–water partition coefficient (Wildman–Crippen LogP) is 7.11. The summed E-state index contributed by atoms with van der Waals surface area (Å²) in [5.74, 6) is -0.0912. The third kappa shape index (κ3) is 4.99. The summed E-state index contributed by atoms with van der Waals surface area (Å²) in [6.45, 7) is 4.28. The molecule has 1 amide bonds. The number of amides is 1. The highest BCUT2D eigenvalue weighted by molar-refractivity contribution is 7.99. The summed E-state index contributed by atoms with van der Waals surface area (Å²) in [5, 5.41) is 4.87. The Kier molecular flexibility index (Phi) is 6.80. The Hall–Kier alpha value is -3.61. The number of carbonyl (C=O) groups excluding carboxylic acids is 2. The minimum atomic E-state index is -0.304. The molecule has 4 aromatic rings. The van der Waals surface area contributed by atoms with E-state index in [2.05, 4.69) is 36.2 Å². The molecule has 0 radical (unpaired) electrons. The summed E-state index contributed by atoms with van der Waals surface area (Å²) in [7, 11) is 2.00. The van der Waals surface area contributed by atoms with Crippen molar-refractivity contribution in [3.05, 3.63) is 107 Å². The minimum absolute atomic E-state index is 0.0891. The lowest BCUT2D eigenvalue weighted by molar-refractivity contribution is -0.113. The number of nitrogens with zero attached hydrogens (tertiary/aromatic N) is 2. The Bertz CT molecular complexity index is 1550. The molecule has 2 heterocycles. The van der Waals surface area contributed by atoms with Crippen molar-refractivity contribution >= 4 is 57.3 Å². The van der Waals surface area contributed by atoms with Gasteiger partial charge in [0.2, 0.25) is 5.91 Å². The largest absolute Gasteiger partial charge is 0.347 e. The topological polar surface area (TPSA) is 62.3 Å². The Balaban J connectivity index is 1.42. The number of likely N-dealkylation sites (N-methyl/N-ethyl adjacent to an activating group) is 1. The number of para-hydroxylation sites is 2. The van der Waals surface area contributed by atoms with Crippen LogP contribution in [0.2, 0.25) is 5.02 Å². The highest BCUT2D eigenvalue weighted by Gasteiger charge is 2.38. The average molecular weight is 528 g/mol. The van der Waals surface area contributed by atoms with Gasteiger partial charge in [0.05, 0.1) is 16.3 Å². The Morgan fingerprint density at radius 3 is 2.49 bits per heavy atom. The second-order valence-corrected chi connectivity index (χ2v) is 10.9. The monoisotopic (exact) mass is 527 g/mol. The van der Waals surface area contributed by atoms with E-state index in [4.69, 9.17) is 16.6 Å². The van der Waals surface area contributed by atoms with E-state index >= 15 is 0 Å². The number of ketones is 1. The van der Waals surface area contributed by atoms with Crippen molar-refractivity contribution in [2.45, 2.75) is 24.3 Å². The van der Waals surface area contributed by atoms with Crippen LogP contribution in [0.15, 0.2) is 95.7 Å². The van der Waals surface area contributed by atoms with E-state index in [1.165, 1.54) is 17.3 Å². The molecule has 1 N–H and O–H groups in total. The molecular formula is C30H26ClN3O2S. The van der Waals surface area contributed by atoms with Crippen LogP contribution in [0, 0.1) is 0 Å². The number of thioether (sulfide) groups is 1. The van der Waals surface area contributed by atoms with Crippen molar-refractivity contribution in [2.75, 3.05) is 23.0 Å². The highest BCUT2D eigenvalue weighted by Crippen LogP contribution is 2.46. The molecule has 0 aliphatic carbocycles. The third-order valence-electron chi connectivity index (χ3n) is 6.65. The van der Waals surface area contributed by atoms with E-state index in [9.17, 15) is 9.59 Å². The molecule has 1 aliphatic heterocycles. The molecule has 1 aliphatic rings. The fraction of sp³-hybridized carbons (Fsp3) is 0.167. The van der Waals surface area contributed by atoms with Gasteiger partial charge in [0.1, 0.15) is 0 Å². The van der Waals surface area contributed by atoms with Crippen LogP contribution < -0.4 is 10.2 Å². The normalized spacial score (nSPS) is 15.1. The van der Waals surface area contributed by atoms with Gasteiger partial charge in [-0.3, -0.25) is 9.59 Å². The van der Waals surface area contributed by atoms with Crippen molar-refractivity contribution in [3.63, 3.8) is 0 Å². The first kappa shape index (κ1) is 25.1.